The van der Waals surface area contributed by atoms with Crippen LogP contribution in [0.1, 0.15) is 20.7 Å². The van der Waals surface area contributed by atoms with Crippen LogP contribution in [0, 0.1) is 0 Å². The van der Waals surface area contributed by atoms with Gasteiger partial charge in [0.1, 0.15) is 10.8 Å². The van der Waals surface area contributed by atoms with Crippen LogP contribution in [0.5, 0.6) is 0 Å². The van der Waals surface area contributed by atoms with Gasteiger partial charge in [-0.25, -0.2) is 0 Å². The Morgan fingerprint density at radius 2 is 1.14 bits per heavy atom. The molecular weight excluding hydrogens is 331 g/mol. The first-order valence-corrected chi connectivity index (χ1v) is 7.43. The van der Waals surface area contributed by atoms with E-state index in [1.165, 1.54) is 0 Å². The Hall–Kier alpha value is -1.35. The average Bonchev–Trinajstić information content (AvgIpc) is 2.53. The summed E-state index contributed by atoms with van der Waals surface area (Å²) in [6.07, 6.45) is 0. The van der Waals surface area contributed by atoms with E-state index >= 15 is 0 Å². The average molecular weight is 342 g/mol. The molecule has 21 heavy (non-hydrogen) atoms. The molecule has 0 aliphatic rings. The molecule has 0 N–H and O–H groups in total. The largest absolute Gasteiger partial charge is 0.292 e. The van der Waals surface area contributed by atoms with Crippen LogP contribution in [0.3, 0.4) is 0 Å². The van der Waals surface area contributed by atoms with Crippen LogP contribution in [-0.4, -0.2) is 22.3 Å². The molecule has 0 fully saturated rings. The monoisotopic (exact) mass is 340 g/mol. The number of Topliss-reactive ketones (excluding diaryl/α,β-unsaturated/α-hetero) is 2. The first-order valence-electron chi connectivity index (χ1n) is 6.18. The summed E-state index contributed by atoms with van der Waals surface area (Å²) in [7, 11) is 0. The highest BCUT2D eigenvalue weighted by Crippen LogP contribution is 2.21. The van der Waals surface area contributed by atoms with Crippen molar-refractivity contribution < 1.29 is 9.59 Å². The number of rotatable bonds is 5. The summed E-state index contributed by atoms with van der Waals surface area (Å²) in [6, 6.07) is 14.8. The van der Waals surface area contributed by atoms with Crippen molar-refractivity contribution in [3.63, 3.8) is 0 Å². The van der Waals surface area contributed by atoms with Crippen molar-refractivity contribution in [2.75, 3.05) is 0 Å². The number of halogens is 3. The van der Waals surface area contributed by atoms with Gasteiger partial charge in [-0.3, -0.25) is 9.59 Å². The van der Waals surface area contributed by atoms with Crippen LogP contribution in [0.25, 0.3) is 0 Å². The molecule has 2 nitrogen and oxygen atoms in total. The molecule has 0 aromatic heterocycles. The van der Waals surface area contributed by atoms with Crippen molar-refractivity contribution in [1.82, 2.24) is 0 Å². The Labute approximate surface area is 137 Å². The first-order chi connectivity index (χ1) is 10.0. The highest BCUT2D eigenvalue weighted by atomic mass is 35.5. The van der Waals surface area contributed by atoms with Gasteiger partial charge in [0.05, 0.1) is 0 Å². The molecule has 0 saturated heterocycles. The molecule has 0 radical (unpaired) electrons. The van der Waals surface area contributed by atoms with E-state index in [1.54, 1.807) is 54.6 Å². The maximum atomic E-state index is 12.2. The van der Waals surface area contributed by atoms with Crippen LogP contribution in [0.4, 0.5) is 0 Å². The van der Waals surface area contributed by atoms with E-state index in [4.69, 9.17) is 34.8 Å². The van der Waals surface area contributed by atoms with Gasteiger partial charge in [-0.2, -0.15) is 0 Å². The van der Waals surface area contributed by atoms with Crippen molar-refractivity contribution in [1.29, 1.82) is 0 Å². The van der Waals surface area contributed by atoms with Gasteiger partial charge in [-0.05, 0) is 24.3 Å². The van der Waals surface area contributed by atoms with Crippen LogP contribution in [0.15, 0.2) is 54.6 Å². The van der Waals surface area contributed by atoms with Crippen LogP contribution in [0.2, 0.25) is 5.02 Å². The molecule has 2 aromatic carbocycles. The molecule has 0 heterocycles. The first kappa shape index (κ1) is 16.0. The zero-order valence-corrected chi connectivity index (χ0v) is 13.1. The second-order valence-corrected chi connectivity index (χ2v) is 5.78. The molecule has 2 atom stereocenters. The summed E-state index contributed by atoms with van der Waals surface area (Å²) in [5, 5.41) is -1.75. The molecule has 108 valence electrons. The Bertz CT molecular complexity index is 638. The normalized spacial score (nSPS) is 13.5. The number of alkyl halides is 2. The lowest BCUT2D eigenvalue weighted by molar-refractivity contribution is 0.0926. The van der Waals surface area contributed by atoms with Gasteiger partial charge in [0.25, 0.3) is 0 Å². The zero-order valence-electron chi connectivity index (χ0n) is 10.8. The van der Waals surface area contributed by atoms with Crippen molar-refractivity contribution in [3.8, 4) is 0 Å². The predicted molar refractivity (Wildman–Crippen MR) is 85.8 cm³/mol. The van der Waals surface area contributed by atoms with Crippen molar-refractivity contribution in [2.24, 2.45) is 0 Å². The van der Waals surface area contributed by atoms with Gasteiger partial charge in [-0.1, -0.05) is 41.9 Å². The SMILES string of the molecule is O=C(c1ccccc1)[C@@H](Cl)[C@H](Cl)C(=O)c1ccc(Cl)cc1. The Kier molecular flexibility index (Phi) is 5.40. The third kappa shape index (κ3) is 3.85. The molecule has 0 aliphatic carbocycles. The predicted octanol–water partition coefficient (Wildman–Crippen LogP) is 4.62. The number of ketones is 2. The number of carbonyl (C=O) groups excluding carboxylic acids is 2. The quantitative estimate of drug-likeness (QED) is 0.587. The highest BCUT2D eigenvalue weighted by Gasteiger charge is 2.31. The van der Waals surface area contributed by atoms with E-state index < -0.39 is 16.5 Å². The summed E-state index contributed by atoms with van der Waals surface area (Å²) >= 11 is 17.9. The number of carbonyl (C=O) groups is 2. The van der Waals surface area contributed by atoms with Gasteiger partial charge in [0, 0.05) is 16.1 Å². The van der Waals surface area contributed by atoms with Gasteiger partial charge in [0.15, 0.2) is 11.6 Å². The van der Waals surface area contributed by atoms with Gasteiger partial charge in [0.2, 0.25) is 0 Å². The summed E-state index contributed by atoms with van der Waals surface area (Å²) in [4.78, 5) is 24.4. The molecule has 0 spiro atoms. The van der Waals surface area contributed by atoms with E-state index in [1.807, 2.05) is 0 Å². The van der Waals surface area contributed by atoms with E-state index in [2.05, 4.69) is 0 Å². The van der Waals surface area contributed by atoms with Crippen molar-refractivity contribution in [3.05, 3.63) is 70.7 Å². The van der Waals surface area contributed by atoms with Crippen LogP contribution < -0.4 is 0 Å². The minimum absolute atomic E-state index is 0.367. The second kappa shape index (κ2) is 7.08. The number of hydrogen-bond donors (Lipinski definition) is 0. The second-order valence-electron chi connectivity index (χ2n) is 4.40. The van der Waals surface area contributed by atoms with Gasteiger partial charge >= 0.3 is 0 Å². The summed E-state index contributed by atoms with van der Waals surface area (Å²) in [5.41, 5.74) is 0.790. The number of hydrogen-bond acceptors (Lipinski definition) is 2. The van der Waals surface area contributed by atoms with Crippen molar-refractivity contribution >= 4 is 46.4 Å². The highest BCUT2D eigenvalue weighted by molar-refractivity contribution is 6.46. The molecule has 0 saturated carbocycles. The standard InChI is InChI=1S/C16H11Cl3O2/c17-12-8-6-11(7-9-12)16(21)14(19)13(18)15(20)10-4-2-1-3-5-10/h1-9,13-14H/t13-,14-/m0/s1. The minimum Gasteiger partial charge on any atom is -0.292 e. The fourth-order valence-electron chi connectivity index (χ4n) is 1.80. The molecule has 0 aliphatic heterocycles. The Morgan fingerprint density at radius 3 is 1.62 bits per heavy atom. The molecule has 0 bridgehead atoms. The van der Waals surface area contributed by atoms with Crippen LogP contribution in [-0.2, 0) is 0 Å². The summed E-state index contributed by atoms with van der Waals surface area (Å²) in [6.45, 7) is 0. The Balaban J connectivity index is 2.15. The molecular formula is C16H11Cl3O2. The Morgan fingerprint density at radius 1 is 0.714 bits per heavy atom. The van der Waals surface area contributed by atoms with E-state index in [0.717, 1.165) is 0 Å². The molecule has 2 rings (SSSR count). The van der Waals surface area contributed by atoms with Crippen LogP contribution >= 0.6 is 34.8 Å². The summed E-state index contributed by atoms with van der Waals surface area (Å²) < 4.78 is 0. The lowest BCUT2D eigenvalue weighted by atomic mass is 10.0. The summed E-state index contributed by atoms with van der Waals surface area (Å²) in [5.74, 6) is -0.780. The maximum Gasteiger partial charge on any atom is 0.182 e. The third-order valence-corrected chi connectivity index (χ3v) is 4.23. The molecule has 2 aromatic rings. The smallest absolute Gasteiger partial charge is 0.182 e. The van der Waals surface area contributed by atoms with E-state index in [0.29, 0.717) is 16.1 Å². The molecule has 0 amide bonds. The maximum absolute atomic E-state index is 12.2. The third-order valence-electron chi connectivity index (χ3n) is 2.94. The zero-order chi connectivity index (χ0) is 15.4. The van der Waals surface area contributed by atoms with Gasteiger partial charge < -0.3 is 0 Å². The fraction of sp³-hybridized carbons (Fsp3) is 0.125. The molecule has 5 heteroatoms. The molecule has 0 unspecified atom stereocenters. The fourth-order valence-corrected chi connectivity index (χ4v) is 2.41. The van der Waals surface area contributed by atoms with E-state index in [-0.39, 0.29) is 5.78 Å². The van der Waals surface area contributed by atoms with E-state index in [9.17, 15) is 9.59 Å². The lowest BCUT2D eigenvalue weighted by Crippen LogP contribution is -2.32. The topological polar surface area (TPSA) is 34.1 Å². The van der Waals surface area contributed by atoms with Crippen molar-refractivity contribution in [2.45, 2.75) is 10.8 Å². The lowest BCUT2D eigenvalue weighted by Gasteiger charge is -2.14. The number of benzene rings is 2. The van der Waals surface area contributed by atoms with Gasteiger partial charge in [-0.15, -0.1) is 23.2 Å². The minimum atomic E-state index is -1.14.